The third kappa shape index (κ3) is 3.56. The summed E-state index contributed by atoms with van der Waals surface area (Å²) in [5, 5.41) is 3.57. The Labute approximate surface area is 87.4 Å². The van der Waals surface area contributed by atoms with E-state index < -0.39 is 0 Å². The van der Waals surface area contributed by atoms with Crippen LogP contribution in [0.15, 0.2) is 0 Å². The third-order valence-corrected chi connectivity index (χ3v) is 3.28. The van der Waals surface area contributed by atoms with Gasteiger partial charge in [0, 0.05) is 19.7 Å². The van der Waals surface area contributed by atoms with Gasteiger partial charge in [0.2, 0.25) is 0 Å². The van der Waals surface area contributed by atoms with Crippen molar-refractivity contribution in [3.8, 4) is 0 Å². The first-order valence-electron chi connectivity index (χ1n) is 5.74. The maximum absolute atomic E-state index is 5.76. The molecule has 1 rings (SSSR count). The van der Waals surface area contributed by atoms with Gasteiger partial charge >= 0.3 is 0 Å². The number of hydrogen-bond acceptors (Lipinski definition) is 3. The van der Waals surface area contributed by atoms with Gasteiger partial charge in [-0.2, -0.15) is 0 Å². The maximum Gasteiger partial charge on any atom is 0.0667 e. The van der Waals surface area contributed by atoms with E-state index >= 15 is 0 Å². The molecule has 1 aliphatic carbocycles. The van der Waals surface area contributed by atoms with Crippen LogP contribution < -0.4 is 11.1 Å². The highest BCUT2D eigenvalue weighted by molar-refractivity contribution is 4.81. The highest BCUT2D eigenvalue weighted by Crippen LogP contribution is 2.23. The molecule has 0 aromatic heterocycles. The summed E-state index contributed by atoms with van der Waals surface area (Å²) < 4.78 is 5.22. The highest BCUT2D eigenvalue weighted by atomic mass is 16.5. The summed E-state index contributed by atoms with van der Waals surface area (Å²) in [5.74, 6) is 0.674. The second-order valence-electron chi connectivity index (χ2n) is 4.34. The zero-order valence-corrected chi connectivity index (χ0v) is 9.46. The second-order valence-corrected chi connectivity index (χ2v) is 4.34. The van der Waals surface area contributed by atoms with E-state index in [4.69, 9.17) is 10.5 Å². The van der Waals surface area contributed by atoms with Crippen LogP contribution in [0.2, 0.25) is 0 Å². The molecule has 0 saturated heterocycles. The maximum atomic E-state index is 5.76. The van der Waals surface area contributed by atoms with Crippen LogP contribution >= 0.6 is 0 Å². The van der Waals surface area contributed by atoms with E-state index in [0.29, 0.717) is 18.1 Å². The van der Waals surface area contributed by atoms with Crippen molar-refractivity contribution in [2.45, 2.75) is 44.8 Å². The lowest BCUT2D eigenvalue weighted by atomic mass is 9.84. The molecule has 3 heteroatoms. The number of methoxy groups -OCH3 is 1. The smallest absolute Gasteiger partial charge is 0.0667 e. The number of rotatable bonds is 5. The van der Waals surface area contributed by atoms with Crippen molar-refractivity contribution in [3.63, 3.8) is 0 Å². The fourth-order valence-corrected chi connectivity index (χ4v) is 2.16. The molecule has 1 aliphatic rings. The minimum absolute atomic E-state index is 0.301. The summed E-state index contributed by atoms with van der Waals surface area (Å²) in [6, 6.07) is 0.617. The summed E-state index contributed by atoms with van der Waals surface area (Å²) in [6.45, 7) is 3.85. The molecule has 84 valence electrons. The molecule has 0 spiro atoms. The Morgan fingerprint density at radius 1 is 1.43 bits per heavy atom. The molecule has 0 amide bonds. The first-order valence-corrected chi connectivity index (χ1v) is 5.74. The standard InChI is InChI=1S/C11H24N2O/c1-9(14-2)8-13-11-6-4-3-5-10(11)7-12/h9-11,13H,3-8,12H2,1-2H3. The van der Waals surface area contributed by atoms with Crippen LogP contribution in [0.1, 0.15) is 32.6 Å². The Kier molecular flexibility index (Phi) is 5.45. The van der Waals surface area contributed by atoms with E-state index in [9.17, 15) is 0 Å². The van der Waals surface area contributed by atoms with Gasteiger partial charge in [-0.15, -0.1) is 0 Å². The number of nitrogens with one attached hydrogen (secondary N) is 1. The quantitative estimate of drug-likeness (QED) is 0.699. The van der Waals surface area contributed by atoms with Gasteiger partial charge < -0.3 is 15.8 Å². The number of ether oxygens (including phenoxy) is 1. The molecule has 3 atom stereocenters. The van der Waals surface area contributed by atoms with E-state index in [0.717, 1.165) is 13.1 Å². The SMILES string of the molecule is COC(C)CNC1CCCCC1CN. The lowest BCUT2D eigenvalue weighted by Crippen LogP contribution is -2.44. The fraction of sp³-hybridized carbons (Fsp3) is 1.00. The zero-order chi connectivity index (χ0) is 10.4. The van der Waals surface area contributed by atoms with Crippen molar-refractivity contribution >= 4 is 0 Å². The summed E-state index contributed by atoms with van der Waals surface area (Å²) >= 11 is 0. The lowest BCUT2D eigenvalue weighted by molar-refractivity contribution is 0.108. The van der Waals surface area contributed by atoms with Crippen LogP contribution in [0.5, 0.6) is 0 Å². The van der Waals surface area contributed by atoms with Crippen LogP contribution in [0.25, 0.3) is 0 Å². The van der Waals surface area contributed by atoms with Crippen molar-refractivity contribution in [3.05, 3.63) is 0 Å². The molecule has 0 bridgehead atoms. The van der Waals surface area contributed by atoms with Gasteiger partial charge in [0.1, 0.15) is 0 Å². The monoisotopic (exact) mass is 200 g/mol. The van der Waals surface area contributed by atoms with Gasteiger partial charge in [-0.25, -0.2) is 0 Å². The largest absolute Gasteiger partial charge is 0.380 e. The highest BCUT2D eigenvalue weighted by Gasteiger charge is 2.23. The van der Waals surface area contributed by atoms with Gasteiger partial charge in [0.15, 0.2) is 0 Å². The Bertz CT molecular complexity index is 152. The van der Waals surface area contributed by atoms with E-state index in [2.05, 4.69) is 12.2 Å². The normalized spacial score (nSPS) is 30.2. The third-order valence-electron chi connectivity index (χ3n) is 3.28. The Morgan fingerprint density at radius 3 is 2.79 bits per heavy atom. The van der Waals surface area contributed by atoms with E-state index in [-0.39, 0.29) is 0 Å². The molecule has 3 N–H and O–H groups in total. The Morgan fingerprint density at radius 2 is 2.14 bits per heavy atom. The van der Waals surface area contributed by atoms with Gasteiger partial charge in [-0.05, 0) is 32.2 Å². The predicted molar refractivity (Wildman–Crippen MR) is 59.3 cm³/mol. The molecule has 14 heavy (non-hydrogen) atoms. The average Bonchev–Trinajstić information content (AvgIpc) is 2.26. The van der Waals surface area contributed by atoms with Crippen LogP contribution in [0.4, 0.5) is 0 Å². The summed E-state index contributed by atoms with van der Waals surface area (Å²) in [5.41, 5.74) is 5.76. The van der Waals surface area contributed by atoms with Crippen molar-refractivity contribution in [1.29, 1.82) is 0 Å². The predicted octanol–water partition coefficient (Wildman–Crippen LogP) is 1.13. The fourth-order valence-electron chi connectivity index (χ4n) is 2.16. The Balaban J connectivity index is 2.26. The van der Waals surface area contributed by atoms with Crippen molar-refractivity contribution < 1.29 is 4.74 Å². The second kappa shape index (κ2) is 6.38. The summed E-state index contributed by atoms with van der Waals surface area (Å²) in [6.07, 6.45) is 5.55. The van der Waals surface area contributed by atoms with Crippen LogP contribution in [-0.2, 0) is 4.74 Å². The van der Waals surface area contributed by atoms with Crippen molar-refractivity contribution in [2.24, 2.45) is 11.7 Å². The molecular weight excluding hydrogens is 176 g/mol. The van der Waals surface area contributed by atoms with Crippen LogP contribution in [-0.4, -0.2) is 32.3 Å². The molecule has 0 aromatic carbocycles. The first kappa shape index (κ1) is 12.0. The van der Waals surface area contributed by atoms with Gasteiger partial charge in [0.25, 0.3) is 0 Å². The van der Waals surface area contributed by atoms with Gasteiger partial charge in [-0.3, -0.25) is 0 Å². The molecule has 0 heterocycles. The molecule has 0 radical (unpaired) electrons. The minimum atomic E-state index is 0.301. The van der Waals surface area contributed by atoms with E-state index in [1.807, 2.05) is 0 Å². The van der Waals surface area contributed by atoms with E-state index in [1.165, 1.54) is 25.7 Å². The molecule has 0 aliphatic heterocycles. The van der Waals surface area contributed by atoms with Crippen LogP contribution in [0.3, 0.4) is 0 Å². The molecule has 3 unspecified atom stereocenters. The topological polar surface area (TPSA) is 47.3 Å². The Hall–Kier alpha value is -0.120. The minimum Gasteiger partial charge on any atom is -0.380 e. The number of nitrogens with two attached hydrogens (primary N) is 1. The summed E-state index contributed by atoms with van der Waals surface area (Å²) in [7, 11) is 1.76. The summed E-state index contributed by atoms with van der Waals surface area (Å²) in [4.78, 5) is 0. The molecular formula is C11H24N2O. The average molecular weight is 200 g/mol. The molecule has 3 nitrogen and oxygen atoms in total. The van der Waals surface area contributed by atoms with E-state index in [1.54, 1.807) is 7.11 Å². The van der Waals surface area contributed by atoms with Gasteiger partial charge in [0.05, 0.1) is 6.10 Å². The molecule has 0 aromatic rings. The molecule has 1 saturated carbocycles. The van der Waals surface area contributed by atoms with Crippen molar-refractivity contribution in [2.75, 3.05) is 20.2 Å². The van der Waals surface area contributed by atoms with Crippen molar-refractivity contribution in [1.82, 2.24) is 5.32 Å². The first-order chi connectivity index (χ1) is 6.77. The molecule has 1 fully saturated rings. The van der Waals surface area contributed by atoms with Crippen LogP contribution in [0, 0.1) is 5.92 Å². The number of hydrogen-bond donors (Lipinski definition) is 2. The zero-order valence-electron chi connectivity index (χ0n) is 9.46. The van der Waals surface area contributed by atoms with Gasteiger partial charge in [-0.1, -0.05) is 12.8 Å². The lowest BCUT2D eigenvalue weighted by Gasteiger charge is -2.32.